The number of rotatable bonds is 11. The molecule has 3 aromatic carbocycles. The average molecular weight is 593 g/mol. The van der Waals surface area contributed by atoms with E-state index in [0.29, 0.717) is 34.6 Å². The fourth-order valence-electron chi connectivity index (χ4n) is 5.12. The minimum absolute atomic E-state index is 0.0134. The molecule has 1 aromatic heterocycles. The summed E-state index contributed by atoms with van der Waals surface area (Å²) in [5.74, 6) is 1.17. The molecular weight excluding hydrogens is 555 g/mol. The molecule has 216 valence electrons. The highest BCUT2D eigenvalue weighted by molar-refractivity contribution is 7.98. The van der Waals surface area contributed by atoms with E-state index in [1.165, 1.54) is 23.9 Å². The first kappa shape index (κ1) is 30.8. The highest BCUT2D eigenvalue weighted by Crippen LogP contribution is 2.32. The Labute approximate surface area is 251 Å². The van der Waals surface area contributed by atoms with Gasteiger partial charge in [0.25, 0.3) is 0 Å². The van der Waals surface area contributed by atoms with Gasteiger partial charge in [-0.25, -0.2) is 4.39 Å². The van der Waals surface area contributed by atoms with Crippen LogP contribution in [0, 0.1) is 24.1 Å². The van der Waals surface area contributed by atoms with Crippen LogP contribution in [0.2, 0.25) is 5.02 Å². The zero-order valence-electron chi connectivity index (χ0n) is 24.3. The molecule has 0 aliphatic carbocycles. The average Bonchev–Trinajstić information content (AvgIpc) is 3.32. The summed E-state index contributed by atoms with van der Waals surface area (Å²) in [7, 11) is 0. The number of halogens is 2. The summed E-state index contributed by atoms with van der Waals surface area (Å²) < 4.78 is 15.5. The van der Waals surface area contributed by atoms with Crippen LogP contribution < -0.4 is 5.32 Å². The van der Waals surface area contributed by atoms with E-state index < -0.39 is 6.04 Å². The summed E-state index contributed by atoms with van der Waals surface area (Å²) in [5.41, 5.74) is 4.05. The second-order valence-electron chi connectivity index (χ2n) is 11.9. The minimum atomic E-state index is -0.419. The Morgan fingerprint density at radius 1 is 1.02 bits per heavy atom. The van der Waals surface area contributed by atoms with Crippen LogP contribution in [-0.4, -0.2) is 20.7 Å². The number of thioether (sulfide) groups is 1. The van der Waals surface area contributed by atoms with E-state index in [0.717, 1.165) is 28.8 Å². The van der Waals surface area contributed by atoms with Gasteiger partial charge in [0.2, 0.25) is 5.91 Å². The van der Waals surface area contributed by atoms with Crippen LogP contribution >= 0.6 is 23.4 Å². The molecule has 1 amide bonds. The molecular formula is C33H38ClFN4OS. The SMILES string of the molecule is Cc1ccc(Cl)cc1-n1c(SCc2ccc(F)cc2)nnc1C(Cc1ccccc1)NC(=O)CC(C)CC(C)(C)C. The van der Waals surface area contributed by atoms with Crippen molar-refractivity contribution in [3.63, 3.8) is 0 Å². The molecule has 4 aromatic rings. The molecule has 0 aliphatic heterocycles. The fourth-order valence-corrected chi connectivity index (χ4v) is 6.20. The largest absolute Gasteiger partial charge is 0.346 e. The summed E-state index contributed by atoms with van der Waals surface area (Å²) in [6.45, 7) is 10.7. The number of nitrogens with zero attached hydrogens (tertiary/aromatic N) is 3. The molecule has 4 rings (SSSR count). The van der Waals surface area contributed by atoms with E-state index in [1.54, 1.807) is 12.1 Å². The van der Waals surface area contributed by atoms with Gasteiger partial charge in [-0.15, -0.1) is 10.2 Å². The summed E-state index contributed by atoms with van der Waals surface area (Å²) in [6.07, 6.45) is 1.94. The summed E-state index contributed by atoms with van der Waals surface area (Å²) >= 11 is 7.97. The van der Waals surface area contributed by atoms with Crippen LogP contribution in [0.3, 0.4) is 0 Å². The van der Waals surface area contributed by atoms with Gasteiger partial charge in [-0.3, -0.25) is 9.36 Å². The van der Waals surface area contributed by atoms with Gasteiger partial charge in [-0.2, -0.15) is 0 Å². The lowest BCUT2D eigenvalue weighted by molar-refractivity contribution is -0.122. The molecule has 0 spiro atoms. The molecule has 2 atom stereocenters. The molecule has 0 saturated heterocycles. The van der Waals surface area contributed by atoms with Crippen LogP contribution in [0.5, 0.6) is 0 Å². The first-order valence-electron chi connectivity index (χ1n) is 13.9. The van der Waals surface area contributed by atoms with Gasteiger partial charge in [0, 0.05) is 17.2 Å². The van der Waals surface area contributed by atoms with Gasteiger partial charge in [-0.05, 0) is 72.1 Å². The Kier molecular flexibility index (Phi) is 10.3. The summed E-state index contributed by atoms with van der Waals surface area (Å²) in [6, 6.07) is 21.8. The van der Waals surface area contributed by atoms with Crippen molar-refractivity contribution in [1.82, 2.24) is 20.1 Å². The number of aryl methyl sites for hydroxylation is 1. The molecule has 0 bridgehead atoms. The molecule has 8 heteroatoms. The lowest BCUT2D eigenvalue weighted by Gasteiger charge is -2.25. The Hall–Kier alpha value is -3.16. The zero-order valence-corrected chi connectivity index (χ0v) is 25.9. The van der Waals surface area contributed by atoms with E-state index in [-0.39, 0.29) is 23.1 Å². The third kappa shape index (κ3) is 8.91. The van der Waals surface area contributed by atoms with Crippen LogP contribution in [0.15, 0.2) is 78.0 Å². The van der Waals surface area contributed by atoms with Gasteiger partial charge in [0.05, 0.1) is 11.7 Å². The van der Waals surface area contributed by atoms with E-state index in [9.17, 15) is 9.18 Å². The maximum absolute atomic E-state index is 13.5. The highest BCUT2D eigenvalue weighted by Gasteiger charge is 2.27. The van der Waals surface area contributed by atoms with E-state index >= 15 is 0 Å². The van der Waals surface area contributed by atoms with Crippen LogP contribution in [0.25, 0.3) is 5.69 Å². The Morgan fingerprint density at radius 3 is 2.41 bits per heavy atom. The molecule has 0 aliphatic rings. The van der Waals surface area contributed by atoms with Crippen molar-refractivity contribution in [3.8, 4) is 5.69 Å². The van der Waals surface area contributed by atoms with Crippen molar-refractivity contribution in [2.75, 3.05) is 0 Å². The maximum atomic E-state index is 13.5. The third-order valence-electron chi connectivity index (χ3n) is 6.78. The highest BCUT2D eigenvalue weighted by atomic mass is 35.5. The van der Waals surface area contributed by atoms with Crippen molar-refractivity contribution >= 4 is 29.3 Å². The first-order valence-corrected chi connectivity index (χ1v) is 15.3. The van der Waals surface area contributed by atoms with Crippen LogP contribution in [0.4, 0.5) is 4.39 Å². The number of hydrogen-bond acceptors (Lipinski definition) is 4. The van der Waals surface area contributed by atoms with Crippen molar-refractivity contribution in [2.45, 2.75) is 70.8 Å². The minimum Gasteiger partial charge on any atom is -0.346 e. The van der Waals surface area contributed by atoms with Gasteiger partial charge >= 0.3 is 0 Å². The second-order valence-corrected chi connectivity index (χ2v) is 13.3. The van der Waals surface area contributed by atoms with Gasteiger partial charge in [0.15, 0.2) is 11.0 Å². The van der Waals surface area contributed by atoms with E-state index in [2.05, 4.69) is 55.3 Å². The lowest BCUT2D eigenvalue weighted by Crippen LogP contribution is -2.33. The number of aromatic nitrogens is 3. The van der Waals surface area contributed by atoms with E-state index in [4.69, 9.17) is 11.6 Å². The summed E-state index contributed by atoms with van der Waals surface area (Å²) in [5, 5.41) is 13.8. The number of carbonyl (C=O) groups is 1. The molecule has 0 saturated carbocycles. The van der Waals surface area contributed by atoms with Crippen molar-refractivity contribution in [2.24, 2.45) is 11.3 Å². The monoisotopic (exact) mass is 592 g/mol. The maximum Gasteiger partial charge on any atom is 0.220 e. The van der Waals surface area contributed by atoms with Crippen molar-refractivity contribution in [1.29, 1.82) is 0 Å². The standard InChI is InChI=1S/C33H38ClFN4OS/c1-22(20-33(3,4)5)17-30(40)36-28(18-24-9-7-6-8-10-24)31-37-38-32(41-21-25-12-15-27(35)16-13-25)39(31)29-19-26(34)14-11-23(29)2/h6-16,19,22,28H,17-18,20-21H2,1-5H3,(H,36,40). The van der Waals surface area contributed by atoms with Crippen LogP contribution in [-0.2, 0) is 17.0 Å². The fraction of sp³-hybridized carbons (Fsp3) is 0.364. The molecule has 2 unspecified atom stereocenters. The number of hydrogen-bond donors (Lipinski definition) is 1. The Bertz CT molecular complexity index is 1450. The Balaban J connectivity index is 1.71. The van der Waals surface area contributed by atoms with E-state index in [1.807, 2.05) is 47.9 Å². The Morgan fingerprint density at radius 2 is 1.73 bits per heavy atom. The molecule has 1 N–H and O–H groups in total. The summed E-state index contributed by atoms with van der Waals surface area (Å²) in [4.78, 5) is 13.4. The quantitative estimate of drug-likeness (QED) is 0.177. The lowest BCUT2D eigenvalue weighted by atomic mass is 9.84. The second kappa shape index (κ2) is 13.7. The smallest absolute Gasteiger partial charge is 0.220 e. The molecule has 0 radical (unpaired) electrons. The number of carbonyl (C=O) groups excluding carboxylic acids is 1. The normalized spacial score (nSPS) is 13.1. The predicted octanol–water partition coefficient (Wildman–Crippen LogP) is 8.52. The topological polar surface area (TPSA) is 59.8 Å². The third-order valence-corrected chi connectivity index (χ3v) is 8.01. The van der Waals surface area contributed by atoms with Gasteiger partial charge in [-0.1, -0.05) is 99.6 Å². The van der Waals surface area contributed by atoms with Crippen molar-refractivity contribution in [3.05, 3.63) is 106 Å². The number of amides is 1. The zero-order chi connectivity index (χ0) is 29.6. The number of nitrogens with one attached hydrogen (secondary N) is 1. The predicted molar refractivity (Wildman–Crippen MR) is 166 cm³/mol. The van der Waals surface area contributed by atoms with Gasteiger partial charge in [0.1, 0.15) is 5.82 Å². The van der Waals surface area contributed by atoms with Crippen molar-refractivity contribution < 1.29 is 9.18 Å². The molecule has 0 fully saturated rings. The number of benzene rings is 3. The molecule has 1 heterocycles. The van der Waals surface area contributed by atoms with Crippen LogP contribution in [0.1, 0.15) is 69.1 Å². The molecule has 5 nitrogen and oxygen atoms in total. The van der Waals surface area contributed by atoms with Gasteiger partial charge < -0.3 is 5.32 Å². The first-order chi connectivity index (χ1) is 19.5. The molecule has 41 heavy (non-hydrogen) atoms.